The Hall–Kier alpha value is -1.78. The van der Waals surface area contributed by atoms with Gasteiger partial charge in [0.1, 0.15) is 0 Å². The maximum Gasteiger partial charge on any atom is 0.452 e. The van der Waals surface area contributed by atoms with Gasteiger partial charge in [0.05, 0.1) is 4.75 Å². The topological polar surface area (TPSA) is 87.6 Å². The van der Waals surface area contributed by atoms with Crippen LogP contribution in [0.15, 0.2) is 30.3 Å². The van der Waals surface area contributed by atoms with Crippen molar-refractivity contribution in [2.75, 3.05) is 0 Å². The Morgan fingerprint density at radius 1 is 1.17 bits per heavy atom. The third-order valence-corrected chi connectivity index (χ3v) is 4.77. The summed E-state index contributed by atoms with van der Waals surface area (Å²) in [6, 6.07) is 7.83. The quantitative estimate of drug-likeness (QED) is 0.268. The first kappa shape index (κ1) is 14.3. The van der Waals surface area contributed by atoms with E-state index in [0.717, 1.165) is 0 Å². The van der Waals surface area contributed by atoms with E-state index in [9.17, 15) is 13.2 Å². The fourth-order valence-electron chi connectivity index (χ4n) is 1.22. The molecule has 0 unspecified atom stereocenters. The molecule has 1 aromatic rings. The average Bonchev–Trinajstić information content (AvgIpc) is 2.29. The summed E-state index contributed by atoms with van der Waals surface area (Å²) in [6.07, 6.45) is 0. The van der Waals surface area contributed by atoms with Crippen molar-refractivity contribution in [2.24, 2.45) is 0 Å². The molecule has 0 saturated heterocycles. The normalized spacial score (nSPS) is 11.7. The van der Waals surface area contributed by atoms with E-state index >= 15 is 0 Å². The molecule has 1 aromatic carbocycles. The zero-order valence-corrected chi connectivity index (χ0v) is 11.2. The van der Waals surface area contributed by atoms with Gasteiger partial charge < -0.3 is 5.53 Å². The van der Waals surface area contributed by atoms with E-state index in [0.29, 0.717) is 0 Å². The minimum absolute atomic E-state index is 0.165. The van der Waals surface area contributed by atoms with Crippen molar-refractivity contribution in [1.82, 2.24) is 0 Å². The van der Waals surface area contributed by atoms with Gasteiger partial charge in [0.15, 0.2) is 0 Å². The molecule has 0 aromatic heterocycles. The molecule has 0 atom stereocenters. The summed E-state index contributed by atoms with van der Waals surface area (Å²) < 4.78 is 23.0. The molecule has 1 rings (SSSR count). The van der Waals surface area contributed by atoms with E-state index in [4.69, 9.17) is 5.53 Å². The minimum Gasteiger partial charge on any atom is -0.360 e. The standard InChI is InChI=1S/C12H14N2O3S/c1-12(2,3)18(16,17)11(14-13)10(15)9-7-5-4-6-8-9/h4-8H,1-3H3. The van der Waals surface area contributed by atoms with E-state index < -0.39 is 25.4 Å². The first-order valence-electron chi connectivity index (χ1n) is 5.28. The number of hydrogen-bond donors (Lipinski definition) is 0. The van der Waals surface area contributed by atoms with Crippen molar-refractivity contribution >= 4 is 20.7 Å². The van der Waals surface area contributed by atoms with Gasteiger partial charge in [0.25, 0.3) is 15.6 Å². The first-order valence-corrected chi connectivity index (χ1v) is 6.76. The minimum atomic E-state index is -3.99. The fourth-order valence-corrected chi connectivity index (χ4v) is 2.27. The predicted molar refractivity (Wildman–Crippen MR) is 68.1 cm³/mol. The molecule has 0 aliphatic rings. The molecule has 0 amide bonds. The zero-order chi connectivity index (χ0) is 14.0. The molecule has 0 bridgehead atoms. The predicted octanol–water partition coefficient (Wildman–Crippen LogP) is 1.71. The van der Waals surface area contributed by atoms with Gasteiger partial charge in [-0.15, -0.1) is 4.79 Å². The molecular weight excluding hydrogens is 252 g/mol. The fraction of sp³-hybridized carbons (Fsp3) is 0.333. The van der Waals surface area contributed by atoms with E-state index in [1.54, 1.807) is 18.2 Å². The second kappa shape index (κ2) is 4.84. The van der Waals surface area contributed by atoms with Crippen LogP contribution in [0.2, 0.25) is 0 Å². The lowest BCUT2D eigenvalue weighted by atomic mass is 10.1. The smallest absolute Gasteiger partial charge is 0.360 e. The highest BCUT2D eigenvalue weighted by Gasteiger charge is 2.45. The molecule has 0 spiro atoms. The van der Waals surface area contributed by atoms with Crippen LogP contribution in [0.1, 0.15) is 31.1 Å². The Labute approximate surface area is 106 Å². The van der Waals surface area contributed by atoms with Crippen molar-refractivity contribution in [3.8, 4) is 0 Å². The lowest BCUT2D eigenvalue weighted by Gasteiger charge is -2.14. The number of hydrogen-bond acceptors (Lipinski definition) is 3. The van der Waals surface area contributed by atoms with Crippen LogP contribution in [0.5, 0.6) is 0 Å². The molecule has 0 radical (unpaired) electrons. The Bertz CT molecular complexity index is 606. The Kier molecular flexibility index (Phi) is 3.84. The van der Waals surface area contributed by atoms with Gasteiger partial charge in [0.2, 0.25) is 0 Å². The summed E-state index contributed by atoms with van der Waals surface area (Å²) in [6.45, 7) is 4.31. The van der Waals surface area contributed by atoms with E-state index in [2.05, 4.69) is 4.79 Å². The Morgan fingerprint density at radius 2 is 1.67 bits per heavy atom. The average molecular weight is 266 g/mol. The summed E-state index contributed by atoms with van der Waals surface area (Å²) >= 11 is 0. The number of nitrogens with zero attached hydrogens (tertiary/aromatic N) is 2. The van der Waals surface area contributed by atoms with E-state index in [-0.39, 0.29) is 5.56 Å². The molecule has 96 valence electrons. The van der Waals surface area contributed by atoms with Crippen molar-refractivity contribution in [3.63, 3.8) is 0 Å². The van der Waals surface area contributed by atoms with Crippen LogP contribution >= 0.6 is 0 Å². The van der Waals surface area contributed by atoms with Crippen LogP contribution in [0.3, 0.4) is 0 Å². The molecule has 0 aliphatic carbocycles. The number of rotatable bonds is 2. The van der Waals surface area contributed by atoms with Crippen molar-refractivity contribution in [2.45, 2.75) is 25.5 Å². The Morgan fingerprint density at radius 3 is 2.06 bits per heavy atom. The maximum absolute atomic E-state index is 12.1. The summed E-state index contributed by atoms with van der Waals surface area (Å²) in [4.78, 5) is 14.7. The number of sulfone groups is 1. The van der Waals surface area contributed by atoms with Crippen molar-refractivity contribution in [3.05, 3.63) is 41.4 Å². The van der Waals surface area contributed by atoms with Gasteiger partial charge >= 0.3 is 5.04 Å². The summed E-state index contributed by atoms with van der Waals surface area (Å²) in [5.41, 5.74) is 9.01. The van der Waals surface area contributed by atoms with Gasteiger partial charge in [-0.2, -0.15) is 0 Å². The van der Waals surface area contributed by atoms with Crippen LogP contribution in [0, 0.1) is 0 Å². The van der Waals surface area contributed by atoms with E-state index in [1.165, 1.54) is 32.9 Å². The SMILES string of the molecule is CC(C)(C)S(=O)(=O)C(=[N+]=[N-])C(=O)c1ccccc1. The number of carbonyl (C=O) groups is 1. The van der Waals surface area contributed by atoms with Gasteiger partial charge in [0, 0.05) is 5.56 Å². The second-order valence-electron chi connectivity index (χ2n) is 4.72. The highest BCUT2D eigenvalue weighted by atomic mass is 32.2. The van der Waals surface area contributed by atoms with Crippen LogP contribution in [0.25, 0.3) is 5.53 Å². The molecular formula is C12H14N2O3S. The van der Waals surface area contributed by atoms with Crippen molar-refractivity contribution in [1.29, 1.82) is 0 Å². The van der Waals surface area contributed by atoms with Crippen molar-refractivity contribution < 1.29 is 18.0 Å². The molecule has 0 fully saturated rings. The van der Waals surface area contributed by atoms with E-state index in [1.807, 2.05) is 0 Å². The molecule has 0 heterocycles. The molecule has 18 heavy (non-hydrogen) atoms. The molecule has 5 nitrogen and oxygen atoms in total. The van der Waals surface area contributed by atoms with Crippen LogP contribution < -0.4 is 0 Å². The van der Waals surface area contributed by atoms with Gasteiger partial charge in [-0.1, -0.05) is 30.3 Å². The summed E-state index contributed by atoms with van der Waals surface area (Å²) in [7, 11) is -3.99. The zero-order valence-electron chi connectivity index (χ0n) is 10.4. The highest BCUT2D eigenvalue weighted by Crippen LogP contribution is 2.18. The van der Waals surface area contributed by atoms with Crippen LogP contribution in [-0.2, 0) is 9.84 Å². The Balaban J connectivity index is 3.33. The number of benzene rings is 1. The highest BCUT2D eigenvalue weighted by molar-refractivity contribution is 8.09. The molecule has 0 saturated carbocycles. The van der Waals surface area contributed by atoms with Gasteiger partial charge in [-0.05, 0) is 20.8 Å². The lowest BCUT2D eigenvalue weighted by Crippen LogP contribution is -2.39. The van der Waals surface area contributed by atoms with Crippen LogP contribution in [-0.4, -0.2) is 28.8 Å². The monoisotopic (exact) mass is 266 g/mol. The van der Waals surface area contributed by atoms with Crippen LogP contribution in [0.4, 0.5) is 0 Å². The number of carbonyl (C=O) groups excluding carboxylic acids is 1. The van der Waals surface area contributed by atoms with Gasteiger partial charge in [-0.25, -0.2) is 8.42 Å². The summed E-state index contributed by atoms with van der Waals surface area (Å²) in [5, 5.41) is -0.832. The third-order valence-electron chi connectivity index (χ3n) is 2.38. The van der Waals surface area contributed by atoms with Gasteiger partial charge in [-0.3, -0.25) is 4.79 Å². The largest absolute Gasteiger partial charge is 0.452 e. The summed E-state index contributed by atoms with van der Waals surface area (Å²) in [5.74, 6) is -0.812. The third kappa shape index (κ3) is 2.55. The first-order chi connectivity index (χ1) is 8.21. The molecule has 0 N–H and O–H groups in total. The second-order valence-corrected chi connectivity index (χ2v) is 7.33. The molecule has 0 aliphatic heterocycles. The molecule has 6 heteroatoms. The lowest BCUT2D eigenvalue weighted by molar-refractivity contribution is -0.00172. The number of ketones is 1. The maximum atomic E-state index is 12.1. The number of Topliss-reactive ketones (excluding diaryl/α,β-unsaturated/α-hetero) is 1.